The molecule has 0 aliphatic carbocycles. The van der Waals surface area contributed by atoms with Crippen LogP contribution in [0.2, 0.25) is 0 Å². The Balaban J connectivity index is 0.000001000. The van der Waals surface area contributed by atoms with Crippen LogP contribution in [0.5, 0.6) is 0 Å². The lowest BCUT2D eigenvalue weighted by atomic mass is 10.00. The largest absolute Gasteiger partial charge is 0.378 e. The van der Waals surface area contributed by atoms with Gasteiger partial charge in [-0.3, -0.25) is 0 Å². The second-order valence-corrected chi connectivity index (χ2v) is 3.62. The normalized spacial score (nSPS) is 24.8. The van der Waals surface area contributed by atoms with Crippen LogP contribution in [0.1, 0.15) is 39.5 Å². The van der Waals surface area contributed by atoms with Crippen molar-refractivity contribution in [3.63, 3.8) is 0 Å². The van der Waals surface area contributed by atoms with Crippen molar-refractivity contribution in [3.8, 4) is 0 Å². The maximum absolute atomic E-state index is 5.59. The molecule has 1 heterocycles. The summed E-state index contributed by atoms with van der Waals surface area (Å²) < 4.78 is 5.59. The quantitative estimate of drug-likeness (QED) is 0.628. The first-order valence-electron chi connectivity index (χ1n) is 4.40. The number of hydrogen-bond acceptors (Lipinski definition) is 1. The van der Waals surface area contributed by atoms with E-state index in [1.54, 1.807) is 0 Å². The Labute approximate surface area is 77.0 Å². The van der Waals surface area contributed by atoms with Crippen molar-refractivity contribution >= 4 is 13.5 Å². The summed E-state index contributed by atoms with van der Waals surface area (Å²) in [5.74, 6) is 0.795. The first-order valence-corrected chi connectivity index (χ1v) is 4.40. The highest BCUT2D eigenvalue weighted by Crippen LogP contribution is 2.18. The monoisotopic (exact) mass is 176 g/mol. The topological polar surface area (TPSA) is 9.23 Å². The Morgan fingerprint density at radius 3 is 2.55 bits per heavy atom. The van der Waals surface area contributed by atoms with E-state index in [0.29, 0.717) is 6.10 Å². The lowest BCUT2D eigenvalue weighted by molar-refractivity contribution is 0.00420. The maximum atomic E-state index is 5.59. The zero-order chi connectivity index (χ0) is 7.40. The van der Waals surface area contributed by atoms with E-state index in [-0.39, 0.29) is 13.5 Å². The van der Waals surface area contributed by atoms with Crippen molar-refractivity contribution in [3.05, 3.63) is 0 Å². The van der Waals surface area contributed by atoms with Gasteiger partial charge in [0.15, 0.2) is 0 Å². The highest BCUT2D eigenvalue weighted by atomic mass is 32.1. The minimum atomic E-state index is 0. The van der Waals surface area contributed by atoms with Crippen LogP contribution in [0, 0.1) is 5.92 Å². The molecule has 0 N–H and O–H groups in total. The van der Waals surface area contributed by atoms with E-state index in [1.807, 2.05) is 0 Å². The Kier molecular flexibility index (Phi) is 6.06. The van der Waals surface area contributed by atoms with Gasteiger partial charge in [0.1, 0.15) is 0 Å². The lowest BCUT2D eigenvalue weighted by Gasteiger charge is -2.23. The first-order chi connectivity index (χ1) is 4.79. The van der Waals surface area contributed by atoms with Gasteiger partial charge >= 0.3 is 0 Å². The van der Waals surface area contributed by atoms with Crippen molar-refractivity contribution in [1.82, 2.24) is 0 Å². The van der Waals surface area contributed by atoms with Crippen LogP contribution >= 0.6 is 13.5 Å². The summed E-state index contributed by atoms with van der Waals surface area (Å²) in [6, 6.07) is 0. The molecular formula is C9H20OS. The molecule has 0 radical (unpaired) electrons. The minimum Gasteiger partial charge on any atom is -0.378 e. The molecule has 0 amide bonds. The molecule has 0 bridgehead atoms. The van der Waals surface area contributed by atoms with Gasteiger partial charge in [-0.2, -0.15) is 13.5 Å². The fourth-order valence-corrected chi connectivity index (χ4v) is 1.52. The minimum absolute atomic E-state index is 0. The van der Waals surface area contributed by atoms with E-state index in [2.05, 4.69) is 13.8 Å². The smallest absolute Gasteiger partial charge is 0.0577 e. The summed E-state index contributed by atoms with van der Waals surface area (Å²) in [6.45, 7) is 5.52. The lowest BCUT2D eigenvalue weighted by Crippen LogP contribution is -2.20. The van der Waals surface area contributed by atoms with Crippen LogP contribution in [0.4, 0.5) is 0 Å². The molecule has 1 rings (SSSR count). The molecule has 0 unspecified atom stereocenters. The fourth-order valence-electron chi connectivity index (χ4n) is 1.52. The van der Waals surface area contributed by atoms with Crippen molar-refractivity contribution in [2.24, 2.45) is 5.92 Å². The van der Waals surface area contributed by atoms with Crippen LogP contribution in [0.3, 0.4) is 0 Å². The van der Waals surface area contributed by atoms with E-state index in [9.17, 15) is 0 Å². The van der Waals surface area contributed by atoms with Crippen LogP contribution in [-0.4, -0.2) is 12.7 Å². The van der Waals surface area contributed by atoms with E-state index in [0.717, 1.165) is 12.5 Å². The third-order valence-corrected chi connectivity index (χ3v) is 2.01. The van der Waals surface area contributed by atoms with Gasteiger partial charge in [-0.1, -0.05) is 13.8 Å². The van der Waals surface area contributed by atoms with Crippen molar-refractivity contribution in [2.75, 3.05) is 6.61 Å². The number of ether oxygens (including phenoxy) is 1. The summed E-state index contributed by atoms with van der Waals surface area (Å²) in [5, 5.41) is 0. The highest BCUT2D eigenvalue weighted by molar-refractivity contribution is 7.59. The Morgan fingerprint density at radius 2 is 2.09 bits per heavy atom. The Hall–Kier alpha value is 0.310. The van der Waals surface area contributed by atoms with Gasteiger partial charge in [-0.05, 0) is 31.6 Å². The fraction of sp³-hybridized carbons (Fsp3) is 1.00. The Morgan fingerprint density at radius 1 is 1.36 bits per heavy atom. The molecule has 0 aromatic carbocycles. The van der Waals surface area contributed by atoms with Crippen LogP contribution in [0.15, 0.2) is 0 Å². The summed E-state index contributed by atoms with van der Waals surface area (Å²) >= 11 is 0. The molecule has 1 nitrogen and oxygen atoms in total. The first kappa shape index (κ1) is 11.3. The third-order valence-electron chi connectivity index (χ3n) is 2.01. The standard InChI is InChI=1S/C9H18O.H2S/c1-8(2)7-9-5-3-4-6-10-9;/h8-9H,3-7H2,1-2H3;1H2/t9-;/m1./s1. The zero-order valence-corrected chi connectivity index (χ0v) is 8.60. The van der Waals surface area contributed by atoms with Gasteiger partial charge < -0.3 is 4.74 Å². The third kappa shape index (κ3) is 4.70. The van der Waals surface area contributed by atoms with Gasteiger partial charge in [0.25, 0.3) is 0 Å². The van der Waals surface area contributed by atoms with Gasteiger partial charge in [0.05, 0.1) is 6.10 Å². The zero-order valence-electron chi connectivity index (χ0n) is 7.60. The molecule has 1 atom stereocenters. The molecular weight excluding hydrogens is 156 g/mol. The van der Waals surface area contributed by atoms with Crippen LogP contribution in [0.25, 0.3) is 0 Å². The van der Waals surface area contributed by atoms with E-state index in [1.165, 1.54) is 25.7 Å². The molecule has 1 aliphatic rings. The molecule has 2 heteroatoms. The van der Waals surface area contributed by atoms with E-state index < -0.39 is 0 Å². The molecule has 0 spiro atoms. The summed E-state index contributed by atoms with van der Waals surface area (Å²) in [7, 11) is 0. The summed E-state index contributed by atoms with van der Waals surface area (Å²) in [5.41, 5.74) is 0. The number of rotatable bonds is 2. The van der Waals surface area contributed by atoms with Crippen molar-refractivity contribution < 1.29 is 4.74 Å². The number of hydrogen-bond donors (Lipinski definition) is 0. The average Bonchev–Trinajstić information content (AvgIpc) is 1.88. The average molecular weight is 176 g/mol. The van der Waals surface area contributed by atoms with Gasteiger partial charge in [0.2, 0.25) is 0 Å². The van der Waals surface area contributed by atoms with Gasteiger partial charge in [0, 0.05) is 6.61 Å². The molecule has 1 fully saturated rings. The highest BCUT2D eigenvalue weighted by Gasteiger charge is 2.14. The van der Waals surface area contributed by atoms with Crippen LogP contribution in [-0.2, 0) is 4.74 Å². The molecule has 1 saturated heterocycles. The van der Waals surface area contributed by atoms with E-state index in [4.69, 9.17) is 4.74 Å². The second-order valence-electron chi connectivity index (χ2n) is 3.62. The summed E-state index contributed by atoms with van der Waals surface area (Å²) in [4.78, 5) is 0. The van der Waals surface area contributed by atoms with Crippen molar-refractivity contribution in [1.29, 1.82) is 0 Å². The maximum Gasteiger partial charge on any atom is 0.0577 e. The molecule has 11 heavy (non-hydrogen) atoms. The molecule has 1 aliphatic heterocycles. The predicted octanol–water partition coefficient (Wildman–Crippen LogP) is 2.71. The second kappa shape index (κ2) is 5.90. The Bertz CT molecular complexity index is 87.6. The van der Waals surface area contributed by atoms with Gasteiger partial charge in [-0.25, -0.2) is 0 Å². The SMILES string of the molecule is CC(C)C[C@H]1CCCCO1.S. The van der Waals surface area contributed by atoms with Crippen molar-refractivity contribution in [2.45, 2.75) is 45.6 Å². The van der Waals surface area contributed by atoms with Gasteiger partial charge in [-0.15, -0.1) is 0 Å². The van der Waals surface area contributed by atoms with E-state index >= 15 is 0 Å². The predicted molar refractivity (Wildman–Crippen MR) is 53.4 cm³/mol. The molecule has 68 valence electrons. The molecule has 0 aromatic rings. The molecule has 0 saturated carbocycles. The summed E-state index contributed by atoms with van der Waals surface area (Å²) in [6.07, 6.45) is 5.76. The molecule has 0 aromatic heterocycles. The van der Waals surface area contributed by atoms with Crippen LogP contribution < -0.4 is 0 Å².